The largest absolute Gasteiger partial charge is 0.311 e. The van der Waals surface area contributed by atoms with Gasteiger partial charge in [-0.2, -0.15) is 0 Å². The molecule has 2 fully saturated rings. The summed E-state index contributed by atoms with van der Waals surface area (Å²) in [7, 11) is 0. The first kappa shape index (κ1) is 15.4. The van der Waals surface area contributed by atoms with Gasteiger partial charge in [0.15, 0.2) is 0 Å². The molecule has 4 heteroatoms. The molecule has 21 heavy (non-hydrogen) atoms. The minimum absolute atomic E-state index is 0.154. The summed E-state index contributed by atoms with van der Waals surface area (Å²) in [6, 6.07) is 5.82. The standard InChI is InChI=1S/C17H24BrFN2/c18-15-8-13(9-16(19)10-15)11-21-7-6-20-17(12-21)14-4-2-1-3-5-14/h8-10,14,17,20H,1-7,11-12H2. The van der Waals surface area contributed by atoms with Crippen LogP contribution in [-0.2, 0) is 6.54 Å². The molecule has 1 heterocycles. The lowest BCUT2D eigenvalue weighted by molar-refractivity contribution is 0.141. The van der Waals surface area contributed by atoms with E-state index < -0.39 is 0 Å². The van der Waals surface area contributed by atoms with E-state index in [9.17, 15) is 4.39 Å². The summed E-state index contributed by atoms with van der Waals surface area (Å²) in [5, 5.41) is 3.70. The highest BCUT2D eigenvalue weighted by Crippen LogP contribution is 2.28. The van der Waals surface area contributed by atoms with Crippen molar-refractivity contribution in [3.63, 3.8) is 0 Å². The van der Waals surface area contributed by atoms with Crippen molar-refractivity contribution in [2.24, 2.45) is 5.92 Å². The van der Waals surface area contributed by atoms with Crippen LogP contribution in [0.15, 0.2) is 22.7 Å². The third-order valence-electron chi connectivity index (χ3n) is 4.84. The quantitative estimate of drug-likeness (QED) is 0.884. The predicted molar refractivity (Wildman–Crippen MR) is 87.7 cm³/mol. The maximum atomic E-state index is 13.5. The van der Waals surface area contributed by atoms with Gasteiger partial charge in [-0.15, -0.1) is 0 Å². The highest BCUT2D eigenvalue weighted by atomic mass is 79.9. The van der Waals surface area contributed by atoms with Crippen LogP contribution in [0, 0.1) is 11.7 Å². The molecule has 1 saturated heterocycles. The van der Waals surface area contributed by atoms with Crippen LogP contribution in [-0.4, -0.2) is 30.6 Å². The van der Waals surface area contributed by atoms with E-state index in [0.29, 0.717) is 6.04 Å². The van der Waals surface area contributed by atoms with Crippen LogP contribution >= 0.6 is 15.9 Å². The summed E-state index contributed by atoms with van der Waals surface area (Å²) >= 11 is 3.38. The number of hydrogen-bond acceptors (Lipinski definition) is 2. The average molecular weight is 355 g/mol. The lowest BCUT2D eigenvalue weighted by Crippen LogP contribution is -2.53. The van der Waals surface area contributed by atoms with Gasteiger partial charge in [-0.25, -0.2) is 4.39 Å². The number of hydrogen-bond donors (Lipinski definition) is 1. The smallest absolute Gasteiger partial charge is 0.124 e. The normalized spacial score (nSPS) is 25.1. The molecule has 116 valence electrons. The summed E-state index contributed by atoms with van der Waals surface area (Å²) < 4.78 is 14.3. The minimum Gasteiger partial charge on any atom is -0.311 e. The van der Waals surface area contributed by atoms with Gasteiger partial charge in [0.05, 0.1) is 0 Å². The van der Waals surface area contributed by atoms with E-state index >= 15 is 0 Å². The van der Waals surface area contributed by atoms with Crippen molar-refractivity contribution in [3.8, 4) is 0 Å². The Balaban J connectivity index is 1.60. The van der Waals surface area contributed by atoms with E-state index in [2.05, 4.69) is 26.1 Å². The SMILES string of the molecule is Fc1cc(Br)cc(CN2CCNC(C3CCCCC3)C2)c1. The molecule has 0 spiro atoms. The van der Waals surface area contributed by atoms with Crippen molar-refractivity contribution < 1.29 is 4.39 Å². The third kappa shape index (κ3) is 4.27. The molecule has 2 aliphatic rings. The lowest BCUT2D eigenvalue weighted by Gasteiger charge is -2.39. The number of rotatable bonds is 3. The van der Waals surface area contributed by atoms with E-state index in [1.807, 2.05) is 6.07 Å². The van der Waals surface area contributed by atoms with Crippen molar-refractivity contribution in [2.45, 2.75) is 44.7 Å². The van der Waals surface area contributed by atoms with Gasteiger partial charge in [0.2, 0.25) is 0 Å². The van der Waals surface area contributed by atoms with E-state index in [1.165, 1.54) is 38.2 Å². The minimum atomic E-state index is -0.154. The third-order valence-corrected chi connectivity index (χ3v) is 5.29. The molecule has 1 aliphatic carbocycles. The van der Waals surface area contributed by atoms with E-state index in [1.54, 1.807) is 6.07 Å². The Kier molecular flexibility index (Phi) is 5.30. The first-order valence-electron chi connectivity index (χ1n) is 8.11. The fourth-order valence-electron chi connectivity index (χ4n) is 3.80. The zero-order valence-electron chi connectivity index (χ0n) is 12.5. The van der Waals surface area contributed by atoms with Crippen LogP contribution in [0.25, 0.3) is 0 Å². The molecule has 1 atom stereocenters. The second-order valence-corrected chi connectivity index (χ2v) is 7.39. The van der Waals surface area contributed by atoms with Gasteiger partial charge in [0.25, 0.3) is 0 Å². The maximum Gasteiger partial charge on any atom is 0.124 e. The van der Waals surface area contributed by atoms with Gasteiger partial charge < -0.3 is 5.32 Å². The second kappa shape index (κ2) is 7.21. The first-order valence-corrected chi connectivity index (χ1v) is 8.91. The molecule has 1 aromatic rings. The van der Waals surface area contributed by atoms with Crippen LogP contribution in [0.3, 0.4) is 0 Å². The van der Waals surface area contributed by atoms with E-state index in [0.717, 1.165) is 42.1 Å². The van der Waals surface area contributed by atoms with Gasteiger partial charge in [-0.1, -0.05) is 35.2 Å². The molecular weight excluding hydrogens is 331 g/mol. The molecule has 0 aromatic heterocycles. The number of halogens is 2. The molecule has 1 aromatic carbocycles. The molecule has 0 bridgehead atoms. The molecule has 1 N–H and O–H groups in total. The molecule has 3 rings (SSSR count). The van der Waals surface area contributed by atoms with E-state index in [4.69, 9.17) is 0 Å². The first-order chi connectivity index (χ1) is 10.2. The summed E-state index contributed by atoms with van der Waals surface area (Å²) in [6.07, 6.45) is 6.93. The Hall–Kier alpha value is -0.450. The fraction of sp³-hybridized carbons (Fsp3) is 0.647. The molecule has 1 unspecified atom stereocenters. The van der Waals surface area contributed by atoms with Gasteiger partial charge in [0, 0.05) is 36.7 Å². The summed E-state index contributed by atoms with van der Waals surface area (Å²) in [6.45, 7) is 4.05. The van der Waals surface area contributed by atoms with Crippen molar-refractivity contribution >= 4 is 15.9 Å². The fourth-order valence-corrected chi connectivity index (χ4v) is 4.31. The van der Waals surface area contributed by atoms with Crippen LogP contribution in [0.2, 0.25) is 0 Å². The Bertz CT molecular complexity index is 454. The summed E-state index contributed by atoms with van der Waals surface area (Å²) in [5.41, 5.74) is 1.06. The number of piperazine rings is 1. The lowest BCUT2D eigenvalue weighted by atomic mass is 9.83. The highest BCUT2D eigenvalue weighted by Gasteiger charge is 2.27. The molecule has 2 nitrogen and oxygen atoms in total. The Morgan fingerprint density at radius 2 is 2.00 bits per heavy atom. The van der Waals surface area contributed by atoms with Crippen molar-refractivity contribution in [1.29, 1.82) is 0 Å². The number of nitrogens with zero attached hydrogens (tertiary/aromatic N) is 1. The van der Waals surface area contributed by atoms with Crippen molar-refractivity contribution in [2.75, 3.05) is 19.6 Å². The van der Waals surface area contributed by atoms with Crippen LogP contribution in [0.1, 0.15) is 37.7 Å². The molecular formula is C17H24BrFN2. The van der Waals surface area contributed by atoms with Gasteiger partial charge >= 0.3 is 0 Å². The summed E-state index contributed by atoms with van der Waals surface area (Å²) in [4.78, 5) is 2.47. The van der Waals surface area contributed by atoms with Crippen molar-refractivity contribution in [1.82, 2.24) is 10.2 Å². The van der Waals surface area contributed by atoms with Gasteiger partial charge in [-0.05, 0) is 42.5 Å². The summed E-state index contributed by atoms with van der Waals surface area (Å²) in [5.74, 6) is 0.680. The average Bonchev–Trinajstić information content (AvgIpc) is 2.47. The molecule has 1 saturated carbocycles. The molecule has 1 aliphatic heterocycles. The van der Waals surface area contributed by atoms with E-state index in [-0.39, 0.29) is 5.82 Å². The topological polar surface area (TPSA) is 15.3 Å². The maximum absolute atomic E-state index is 13.5. The number of benzene rings is 1. The molecule has 0 radical (unpaired) electrons. The van der Waals surface area contributed by atoms with Gasteiger partial charge in [0.1, 0.15) is 5.82 Å². The van der Waals surface area contributed by atoms with Gasteiger partial charge in [-0.3, -0.25) is 4.90 Å². The Morgan fingerprint density at radius 1 is 1.19 bits per heavy atom. The molecule has 0 amide bonds. The van der Waals surface area contributed by atoms with Crippen LogP contribution in [0.4, 0.5) is 4.39 Å². The zero-order chi connectivity index (χ0) is 14.7. The van der Waals surface area contributed by atoms with Crippen LogP contribution < -0.4 is 5.32 Å². The highest BCUT2D eigenvalue weighted by molar-refractivity contribution is 9.10. The monoisotopic (exact) mass is 354 g/mol. The van der Waals surface area contributed by atoms with Crippen molar-refractivity contribution in [3.05, 3.63) is 34.1 Å². The Labute approximate surface area is 135 Å². The zero-order valence-corrected chi connectivity index (χ0v) is 14.0. The number of nitrogens with one attached hydrogen (secondary N) is 1. The van der Waals surface area contributed by atoms with Crippen LogP contribution in [0.5, 0.6) is 0 Å². The second-order valence-electron chi connectivity index (χ2n) is 6.47. The Morgan fingerprint density at radius 3 is 2.76 bits per heavy atom. The predicted octanol–water partition coefficient (Wildman–Crippen LogP) is 3.94.